The van der Waals surface area contributed by atoms with Crippen LogP contribution in [-0.4, -0.2) is 37.4 Å². The summed E-state index contributed by atoms with van der Waals surface area (Å²) in [5.74, 6) is 1.55. The Morgan fingerprint density at radius 2 is 2.05 bits per heavy atom. The second-order valence-electron chi connectivity index (χ2n) is 5.84. The number of benzene rings is 1. The van der Waals surface area contributed by atoms with E-state index in [-0.39, 0.29) is 12.6 Å². The fraction of sp³-hybridized carbons (Fsp3) is 0.500. The number of aromatic nitrogens is 3. The first-order chi connectivity index (χ1) is 10.3. The van der Waals surface area contributed by atoms with E-state index in [1.54, 1.807) is 6.33 Å². The van der Waals surface area contributed by atoms with Gasteiger partial charge in [-0.3, -0.25) is 4.90 Å². The van der Waals surface area contributed by atoms with Crippen molar-refractivity contribution >= 4 is 0 Å². The van der Waals surface area contributed by atoms with Crippen LogP contribution in [0.15, 0.2) is 36.7 Å². The van der Waals surface area contributed by atoms with Crippen molar-refractivity contribution < 1.29 is 5.11 Å². The molecule has 1 aliphatic carbocycles. The molecule has 1 aromatic heterocycles. The molecule has 5 heteroatoms. The molecule has 1 saturated carbocycles. The highest BCUT2D eigenvalue weighted by atomic mass is 16.3. The summed E-state index contributed by atoms with van der Waals surface area (Å²) in [6, 6.07) is 10.6. The fourth-order valence-electron chi connectivity index (χ4n) is 2.78. The third-order valence-corrected chi connectivity index (χ3v) is 4.20. The molecule has 1 N–H and O–H groups in total. The summed E-state index contributed by atoms with van der Waals surface area (Å²) >= 11 is 0. The van der Waals surface area contributed by atoms with Crippen LogP contribution in [0, 0.1) is 5.92 Å². The molecule has 0 bridgehead atoms. The van der Waals surface area contributed by atoms with Crippen molar-refractivity contribution in [2.45, 2.75) is 32.0 Å². The third-order valence-electron chi connectivity index (χ3n) is 4.20. The van der Waals surface area contributed by atoms with Gasteiger partial charge in [0, 0.05) is 19.6 Å². The minimum Gasteiger partial charge on any atom is -0.395 e. The highest BCUT2D eigenvalue weighted by Crippen LogP contribution is 2.36. The first-order valence-electron chi connectivity index (χ1n) is 7.49. The van der Waals surface area contributed by atoms with Gasteiger partial charge in [-0.2, -0.15) is 0 Å². The second-order valence-corrected chi connectivity index (χ2v) is 5.84. The van der Waals surface area contributed by atoms with Crippen LogP contribution >= 0.6 is 0 Å². The molecule has 1 fully saturated rings. The van der Waals surface area contributed by atoms with E-state index >= 15 is 0 Å². The van der Waals surface area contributed by atoms with Gasteiger partial charge in [-0.1, -0.05) is 30.3 Å². The molecule has 1 aliphatic rings. The highest BCUT2D eigenvalue weighted by Gasteiger charge is 2.35. The summed E-state index contributed by atoms with van der Waals surface area (Å²) in [5.41, 5.74) is 1.26. The van der Waals surface area contributed by atoms with Gasteiger partial charge in [0.25, 0.3) is 0 Å². The van der Waals surface area contributed by atoms with E-state index in [2.05, 4.69) is 39.4 Å². The topological polar surface area (TPSA) is 54.2 Å². The van der Waals surface area contributed by atoms with Gasteiger partial charge in [0.05, 0.1) is 13.2 Å². The highest BCUT2D eigenvalue weighted by molar-refractivity contribution is 5.15. The van der Waals surface area contributed by atoms with Crippen molar-refractivity contribution in [3.8, 4) is 0 Å². The van der Waals surface area contributed by atoms with Crippen LogP contribution in [0.3, 0.4) is 0 Å². The average Bonchev–Trinajstić information content (AvgIpc) is 3.25. The van der Waals surface area contributed by atoms with Crippen LogP contribution in [0.25, 0.3) is 0 Å². The van der Waals surface area contributed by atoms with Gasteiger partial charge in [0.2, 0.25) is 0 Å². The Kier molecular flexibility index (Phi) is 4.31. The number of rotatable bonds is 7. The van der Waals surface area contributed by atoms with E-state index in [4.69, 9.17) is 0 Å². The molecule has 1 unspecified atom stereocenters. The predicted octanol–water partition coefficient (Wildman–Crippen LogP) is 1.59. The number of nitrogens with zero attached hydrogens (tertiary/aromatic N) is 4. The number of aliphatic hydroxyl groups is 1. The smallest absolute Gasteiger partial charge is 0.146 e. The van der Waals surface area contributed by atoms with Crippen molar-refractivity contribution in [1.29, 1.82) is 0 Å². The molecule has 3 rings (SSSR count). The van der Waals surface area contributed by atoms with Crippen molar-refractivity contribution in [1.82, 2.24) is 19.7 Å². The maximum Gasteiger partial charge on any atom is 0.146 e. The quantitative estimate of drug-likeness (QED) is 0.840. The third kappa shape index (κ3) is 3.49. The molecule has 5 nitrogen and oxygen atoms in total. The molecule has 0 radical (unpaired) electrons. The van der Waals surface area contributed by atoms with Gasteiger partial charge >= 0.3 is 0 Å². The zero-order chi connectivity index (χ0) is 14.7. The monoisotopic (exact) mass is 286 g/mol. The van der Waals surface area contributed by atoms with E-state index in [0.29, 0.717) is 12.5 Å². The fourth-order valence-corrected chi connectivity index (χ4v) is 2.78. The molecule has 0 spiro atoms. The van der Waals surface area contributed by atoms with E-state index < -0.39 is 0 Å². The maximum absolute atomic E-state index is 9.80. The second kappa shape index (κ2) is 6.37. The Morgan fingerprint density at radius 3 is 2.62 bits per heavy atom. The van der Waals surface area contributed by atoms with Crippen molar-refractivity contribution in [2.24, 2.45) is 13.0 Å². The van der Waals surface area contributed by atoms with Crippen molar-refractivity contribution in [3.05, 3.63) is 48.0 Å². The Bertz CT molecular complexity index is 565. The van der Waals surface area contributed by atoms with E-state index in [1.807, 2.05) is 17.7 Å². The van der Waals surface area contributed by atoms with Gasteiger partial charge in [0.15, 0.2) is 0 Å². The summed E-state index contributed by atoms with van der Waals surface area (Å²) in [5, 5.41) is 17.9. The molecule has 0 saturated heterocycles. The van der Waals surface area contributed by atoms with Crippen LogP contribution in [0.5, 0.6) is 0 Å². The number of hydrogen-bond acceptors (Lipinski definition) is 4. The lowest BCUT2D eigenvalue weighted by Gasteiger charge is -2.30. The molecule has 112 valence electrons. The number of aryl methyl sites for hydroxylation is 1. The standard InChI is InChI=1S/C16H22N4O/c1-19-12-17-18-16(19)10-20(15(11-21)14-7-8-14)9-13-5-3-2-4-6-13/h2-6,12,14-15,21H,7-11H2,1H3. The molecule has 2 aromatic rings. The van der Waals surface area contributed by atoms with Gasteiger partial charge in [-0.25, -0.2) is 0 Å². The summed E-state index contributed by atoms with van der Waals surface area (Å²) in [7, 11) is 1.96. The molecule has 0 amide bonds. The first-order valence-corrected chi connectivity index (χ1v) is 7.49. The van der Waals surface area contributed by atoms with Crippen LogP contribution < -0.4 is 0 Å². The maximum atomic E-state index is 9.80. The van der Waals surface area contributed by atoms with Crippen molar-refractivity contribution in [3.63, 3.8) is 0 Å². The molecule has 0 aliphatic heterocycles. The van der Waals surface area contributed by atoms with Crippen molar-refractivity contribution in [2.75, 3.05) is 6.61 Å². The molecule has 1 heterocycles. The molecular formula is C16H22N4O. The Hall–Kier alpha value is -1.72. The lowest BCUT2D eigenvalue weighted by Crippen LogP contribution is -2.39. The SMILES string of the molecule is Cn1cnnc1CN(Cc1ccccc1)C(CO)C1CC1. The first kappa shape index (κ1) is 14.2. The normalized spacial score (nSPS) is 16.3. The molecule has 21 heavy (non-hydrogen) atoms. The molecular weight excluding hydrogens is 264 g/mol. The average molecular weight is 286 g/mol. The number of aliphatic hydroxyl groups excluding tert-OH is 1. The van der Waals surface area contributed by atoms with Crippen LogP contribution in [0.1, 0.15) is 24.2 Å². The molecule has 1 atom stereocenters. The summed E-state index contributed by atoms with van der Waals surface area (Å²) in [4.78, 5) is 2.33. The Morgan fingerprint density at radius 1 is 1.29 bits per heavy atom. The van der Waals surface area contributed by atoms with Crippen LogP contribution in [-0.2, 0) is 20.1 Å². The van der Waals surface area contributed by atoms with Crippen LogP contribution in [0.2, 0.25) is 0 Å². The molecule has 1 aromatic carbocycles. The summed E-state index contributed by atoms with van der Waals surface area (Å²) in [6.45, 7) is 1.75. The van der Waals surface area contributed by atoms with E-state index in [1.165, 1.54) is 18.4 Å². The van der Waals surface area contributed by atoms with Gasteiger partial charge < -0.3 is 9.67 Å². The summed E-state index contributed by atoms with van der Waals surface area (Å²) in [6.07, 6.45) is 4.16. The van der Waals surface area contributed by atoms with Crippen LogP contribution in [0.4, 0.5) is 0 Å². The van der Waals surface area contributed by atoms with Gasteiger partial charge in [-0.05, 0) is 24.3 Å². The lowest BCUT2D eigenvalue weighted by atomic mass is 10.1. The Labute approximate surface area is 125 Å². The largest absolute Gasteiger partial charge is 0.395 e. The zero-order valence-corrected chi connectivity index (χ0v) is 12.4. The summed E-state index contributed by atoms with van der Waals surface area (Å²) < 4.78 is 1.94. The minimum absolute atomic E-state index is 0.204. The Balaban J connectivity index is 1.78. The predicted molar refractivity (Wildman–Crippen MR) is 80.3 cm³/mol. The van der Waals surface area contributed by atoms with Gasteiger partial charge in [0.1, 0.15) is 12.2 Å². The minimum atomic E-state index is 0.204. The van der Waals surface area contributed by atoms with E-state index in [9.17, 15) is 5.11 Å². The zero-order valence-electron chi connectivity index (χ0n) is 12.4. The number of hydrogen-bond donors (Lipinski definition) is 1. The van der Waals surface area contributed by atoms with E-state index in [0.717, 1.165) is 12.4 Å². The lowest BCUT2D eigenvalue weighted by molar-refractivity contribution is 0.0913. The van der Waals surface area contributed by atoms with Gasteiger partial charge in [-0.15, -0.1) is 10.2 Å².